The van der Waals surface area contributed by atoms with Gasteiger partial charge in [-0.15, -0.1) is 0 Å². The highest BCUT2D eigenvalue weighted by atomic mass is 16.5. The first-order chi connectivity index (χ1) is 8.74. The Morgan fingerprint density at radius 2 is 1.44 bits per heavy atom. The predicted molar refractivity (Wildman–Crippen MR) is 73.4 cm³/mol. The summed E-state index contributed by atoms with van der Waals surface area (Å²) in [6.07, 6.45) is -1.04. The Kier molecular flexibility index (Phi) is 2.74. The second kappa shape index (κ2) is 4.41. The van der Waals surface area contributed by atoms with Crippen LogP contribution in [-0.4, -0.2) is 16.5 Å². The third-order valence-electron chi connectivity index (χ3n) is 3.24. The molecule has 0 aliphatic carbocycles. The van der Waals surface area contributed by atoms with Crippen LogP contribution in [0.5, 0.6) is 0 Å². The molecule has 2 N–H and O–H groups in total. The summed E-state index contributed by atoms with van der Waals surface area (Å²) in [5.74, 6) is 0. The Hall–Kier alpha value is -1.90. The van der Waals surface area contributed by atoms with Gasteiger partial charge in [-0.3, -0.25) is 0 Å². The van der Waals surface area contributed by atoms with Crippen LogP contribution in [0.25, 0.3) is 21.5 Å². The van der Waals surface area contributed by atoms with Gasteiger partial charge in [-0.2, -0.15) is 0 Å². The zero-order valence-corrected chi connectivity index (χ0v) is 9.88. The van der Waals surface area contributed by atoms with Gasteiger partial charge < -0.3 is 10.2 Å². The van der Waals surface area contributed by atoms with Gasteiger partial charge in [0.2, 0.25) is 0 Å². The number of benzene rings is 3. The highest BCUT2D eigenvalue weighted by molar-refractivity contribution is 5.99. The Bertz CT molecular complexity index is 702. The summed E-state index contributed by atoms with van der Waals surface area (Å²) in [6, 6.07) is 18.4. The molecule has 0 saturated heterocycles. The van der Waals surface area contributed by atoms with E-state index < -0.39 is 6.29 Å². The number of rotatable bonds is 2. The number of hydrogen-bond acceptors (Lipinski definition) is 2. The van der Waals surface area contributed by atoms with Gasteiger partial charge in [0, 0.05) is 6.42 Å². The van der Waals surface area contributed by atoms with Crippen LogP contribution in [0.4, 0.5) is 0 Å². The molecule has 0 fully saturated rings. The first-order valence-corrected chi connectivity index (χ1v) is 6.00. The highest BCUT2D eigenvalue weighted by Crippen LogP contribution is 2.26. The largest absolute Gasteiger partial charge is 0.368 e. The minimum absolute atomic E-state index is 0.260. The van der Waals surface area contributed by atoms with Gasteiger partial charge in [-0.05, 0) is 39.2 Å². The molecule has 0 aromatic heterocycles. The monoisotopic (exact) mass is 238 g/mol. The average Bonchev–Trinajstić information content (AvgIpc) is 2.36. The average molecular weight is 238 g/mol. The Labute approximate surface area is 105 Å². The fraction of sp³-hybridized carbons (Fsp3) is 0.125. The van der Waals surface area contributed by atoms with Crippen molar-refractivity contribution >= 4 is 21.5 Å². The quantitative estimate of drug-likeness (QED) is 0.532. The molecule has 0 atom stereocenters. The summed E-state index contributed by atoms with van der Waals surface area (Å²) in [7, 11) is 0. The normalized spacial score (nSPS) is 11.5. The summed E-state index contributed by atoms with van der Waals surface area (Å²) >= 11 is 0. The van der Waals surface area contributed by atoms with E-state index in [0.29, 0.717) is 0 Å². The molecule has 0 saturated carbocycles. The van der Waals surface area contributed by atoms with Crippen molar-refractivity contribution in [3.63, 3.8) is 0 Å². The molecule has 0 aliphatic heterocycles. The van der Waals surface area contributed by atoms with E-state index in [2.05, 4.69) is 30.3 Å². The summed E-state index contributed by atoms with van der Waals surface area (Å²) in [5.41, 5.74) is 0.966. The highest BCUT2D eigenvalue weighted by Gasteiger charge is 2.06. The van der Waals surface area contributed by atoms with Crippen LogP contribution in [0.3, 0.4) is 0 Å². The molecule has 0 bridgehead atoms. The van der Waals surface area contributed by atoms with Crippen molar-refractivity contribution in [1.29, 1.82) is 0 Å². The second-order valence-corrected chi connectivity index (χ2v) is 4.52. The molecule has 2 heteroatoms. The number of aliphatic hydroxyl groups is 2. The van der Waals surface area contributed by atoms with Crippen molar-refractivity contribution in [2.45, 2.75) is 12.7 Å². The van der Waals surface area contributed by atoms with Crippen LogP contribution < -0.4 is 0 Å². The van der Waals surface area contributed by atoms with Crippen molar-refractivity contribution in [2.75, 3.05) is 0 Å². The van der Waals surface area contributed by atoms with Crippen LogP contribution in [0.15, 0.2) is 54.6 Å². The molecule has 0 amide bonds. The van der Waals surface area contributed by atoms with Crippen LogP contribution in [0, 0.1) is 0 Å². The molecule has 0 unspecified atom stereocenters. The first-order valence-electron chi connectivity index (χ1n) is 6.00. The lowest BCUT2D eigenvalue weighted by molar-refractivity contribution is -0.0379. The standard InChI is InChI=1S/C16H14O2/c17-16(18)10-14-7-3-6-13-8-11-4-1-2-5-12(11)9-15(13)14/h1-9,16-18H,10H2. The van der Waals surface area contributed by atoms with E-state index in [1.165, 1.54) is 10.8 Å². The molecule has 0 radical (unpaired) electrons. The maximum atomic E-state index is 9.13. The Balaban J connectivity index is 2.29. The topological polar surface area (TPSA) is 40.5 Å². The van der Waals surface area contributed by atoms with Crippen LogP contribution >= 0.6 is 0 Å². The second-order valence-electron chi connectivity index (χ2n) is 4.52. The maximum Gasteiger partial charge on any atom is 0.155 e. The Morgan fingerprint density at radius 1 is 0.778 bits per heavy atom. The molecule has 3 aromatic rings. The summed E-state index contributed by atoms with van der Waals surface area (Å²) in [4.78, 5) is 0. The smallest absolute Gasteiger partial charge is 0.155 e. The van der Waals surface area contributed by atoms with Gasteiger partial charge in [0.25, 0.3) is 0 Å². The lowest BCUT2D eigenvalue weighted by Crippen LogP contribution is -2.08. The molecule has 90 valence electrons. The summed E-state index contributed by atoms with van der Waals surface area (Å²) in [6.45, 7) is 0. The molecule has 0 spiro atoms. The van der Waals surface area contributed by atoms with Crippen LogP contribution in [0.1, 0.15) is 5.56 Å². The molecular weight excluding hydrogens is 224 g/mol. The molecule has 3 aromatic carbocycles. The maximum absolute atomic E-state index is 9.13. The third-order valence-corrected chi connectivity index (χ3v) is 3.24. The SMILES string of the molecule is OC(O)Cc1cccc2cc3ccccc3cc12. The van der Waals surface area contributed by atoms with Crippen molar-refractivity contribution in [1.82, 2.24) is 0 Å². The minimum atomic E-state index is -1.30. The molecule has 3 rings (SSSR count). The van der Waals surface area contributed by atoms with E-state index >= 15 is 0 Å². The zero-order chi connectivity index (χ0) is 12.5. The first kappa shape index (κ1) is 11.2. The van der Waals surface area contributed by atoms with Gasteiger partial charge in [0.1, 0.15) is 0 Å². The van der Waals surface area contributed by atoms with Crippen LogP contribution in [-0.2, 0) is 6.42 Å². The minimum Gasteiger partial charge on any atom is -0.368 e. The van der Waals surface area contributed by atoms with E-state index in [0.717, 1.165) is 16.3 Å². The van der Waals surface area contributed by atoms with Gasteiger partial charge in [0.05, 0.1) is 0 Å². The van der Waals surface area contributed by atoms with Gasteiger partial charge >= 0.3 is 0 Å². The van der Waals surface area contributed by atoms with E-state index in [-0.39, 0.29) is 6.42 Å². The lowest BCUT2D eigenvalue weighted by atomic mass is 9.98. The summed E-state index contributed by atoms with van der Waals surface area (Å²) < 4.78 is 0. The molecule has 2 nitrogen and oxygen atoms in total. The molecular formula is C16H14O2. The van der Waals surface area contributed by atoms with Gasteiger partial charge in [0.15, 0.2) is 6.29 Å². The van der Waals surface area contributed by atoms with Gasteiger partial charge in [-0.25, -0.2) is 0 Å². The van der Waals surface area contributed by atoms with Gasteiger partial charge in [-0.1, -0.05) is 42.5 Å². The van der Waals surface area contributed by atoms with E-state index in [1.807, 2.05) is 24.3 Å². The fourth-order valence-corrected chi connectivity index (χ4v) is 2.41. The number of aliphatic hydroxyl groups excluding tert-OH is 1. The van der Waals surface area contributed by atoms with Crippen molar-refractivity contribution in [2.24, 2.45) is 0 Å². The van der Waals surface area contributed by atoms with Crippen molar-refractivity contribution < 1.29 is 10.2 Å². The number of fused-ring (bicyclic) bond motifs is 2. The van der Waals surface area contributed by atoms with Crippen LogP contribution in [0.2, 0.25) is 0 Å². The molecule has 0 heterocycles. The van der Waals surface area contributed by atoms with Crippen molar-refractivity contribution in [3.05, 3.63) is 60.2 Å². The number of hydrogen-bond donors (Lipinski definition) is 2. The fourth-order valence-electron chi connectivity index (χ4n) is 2.41. The summed E-state index contributed by atoms with van der Waals surface area (Å²) in [5, 5.41) is 22.9. The lowest BCUT2D eigenvalue weighted by Gasteiger charge is -2.09. The van der Waals surface area contributed by atoms with E-state index in [1.54, 1.807) is 0 Å². The molecule has 0 aliphatic rings. The third kappa shape index (κ3) is 1.96. The van der Waals surface area contributed by atoms with Crippen molar-refractivity contribution in [3.8, 4) is 0 Å². The predicted octanol–water partition coefficient (Wildman–Crippen LogP) is 2.85. The van der Waals surface area contributed by atoms with E-state index in [4.69, 9.17) is 10.2 Å². The van der Waals surface area contributed by atoms with E-state index in [9.17, 15) is 0 Å². The molecule has 18 heavy (non-hydrogen) atoms. The zero-order valence-electron chi connectivity index (χ0n) is 9.88. The Morgan fingerprint density at radius 3 is 2.17 bits per heavy atom.